The second kappa shape index (κ2) is 13.3. The zero-order chi connectivity index (χ0) is 34.8. The highest BCUT2D eigenvalue weighted by molar-refractivity contribution is 7.79. The maximum Gasteiger partial charge on any atom is 0.394 e. The van der Waals surface area contributed by atoms with E-state index in [9.17, 15) is 45.0 Å². The fourth-order valence-electron chi connectivity index (χ4n) is 4.86. The zero-order valence-electron chi connectivity index (χ0n) is 23.7. The van der Waals surface area contributed by atoms with E-state index in [0.29, 0.717) is 4.57 Å². The first-order valence-corrected chi connectivity index (χ1v) is 14.1. The molecule has 0 aromatic carbocycles. The molecule has 8 N–H and O–H groups in total. The van der Waals surface area contributed by atoms with Crippen molar-refractivity contribution < 1.29 is 56.9 Å². The molecule has 0 unspecified atom stereocenters. The molecule has 3 fully saturated rings. The molecule has 3 aliphatic rings. The molecule has 5 rings (SSSR count). The van der Waals surface area contributed by atoms with Gasteiger partial charge >= 0.3 is 21.8 Å². The third kappa shape index (κ3) is 7.15. The smallest absolute Gasteiger partial charge is 0.394 e. The number of aliphatic hydroxyl groups excluding tert-OH is 4. The van der Waals surface area contributed by atoms with Crippen LogP contribution in [0.1, 0.15) is 13.8 Å². The number of hydrogen-bond donors (Lipinski definition) is 8. The SMILES string of the molecule is CC1(C)O[C@H]2[C@@H](O1)[C@](C#N)(n1ccc(=O)[nH]c1=O)O[C@@H]2CO.N#C[C@@]1(n2ccc(=O)[nH]c2=O)O[C@H](CO)[C@@H](O)[C@H]1O.O=S(=O)(O)O. The van der Waals surface area contributed by atoms with Gasteiger partial charge in [0.2, 0.25) is 0 Å². The molecule has 0 saturated carbocycles. The predicted molar refractivity (Wildman–Crippen MR) is 144 cm³/mol. The summed E-state index contributed by atoms with van der Waals surface area (Å²) < 4.78 is 55.3. The fraction of sp³-hybridized carbons (Fsp3) is 0.565. The summed E-state index contributed by atoms with van der Waals surface area (Å²) in [6.45, 7) is 2.29. The number of rotatable bonds is 4. The molecule has 2 aromatic heterocycles. The number of nitrogens with zero attached hydrogens (tertiary/aromatic N) is 4. The van der Waals surface area contributed by atoms with Gasteiger partial charge < -0.3 is 39.4 Å². The molecule has 5 heterocycles. The maximum absolute atomic E-state index is 12.1. The second-order valence-electron chi connectivity index (χ2n) is 10.2. The molecule has 0 radical (unpaired) electrons. The number of aromatic nitrogens is 4. The molecule has 0 spiro atoms. The van der Waals surface area contributed by atoms with Crippen molar-refractivity contribution in [3.8, 4) is 12.1 Å². The first kappa shape index (κ1) is 36.4. The van der Waals surface area contributed by atoms with Gasteiger partial charge in [0.25, 0.3) is 22.6 Å². The van der Waals surface area contributed by atoms with E-state index in [2.05, 4.69) is 4.98 Å². The molecule has 0 aliphatic carbocycles. The Morgan fingerprint density at radius 3 is 1.65 bits per heavy atom. The number of nitriles is 2. The van der Waals surface area contributed by atoms with E-state index in [1.165, 1.54) is 0 Å². The average Bonchev–Trinajstić information content (AvgIpc) is 3.53. The van der Waals surface area contributed by atoms with Crippen LogP contribution in [-0.4, -0.2) is 113 Å². The van der Waals surface area contributed by atoms with Crippen molar-refractivity contribution in [1.82, 2.24) is 19.1 Å². The highest BCUT2D eigenvalue weighted by Crippen LogP contribution is 2.45. The lowest BCUT2D eigenvalue weighted by atomic mass is 10.0. The molecular formula is C23H28N6O16S. The molecule has 3 aliphatic heterocycles. The monoisotopic (exact) mass is 676 g/mol. The number of nitrogens with one attached hydrogen (secondary N) is 2. The van der Waals surface area contributed by atoms with Crippen LogP contribution in [0.2, 0.25) is 0 Å². The van der Waals surface area contributed by atoms with Gasteiger partial charge in [0, 0.05) is 24.5 Å². The standard InChI is InChI=1S/C13H15N3O6.C10H11N3O6.H2O4S/c1-12(2)21-9-7(5-17)20-13(6-14,10(9)22-12)16-4-3-8(18)15-11(16)19;11-4-10(8(17)7(16)5(3-14)19-10)13-2-1-6(15)12-9(13)18;1-5(2,3)4/h3-4,7,9-10,17H,5H2,1-2H3,(H,15,18,19);1-2,5,7-8,14,16-17H,3H2,(H,12,15,18);(H2,1,2,3,4)/t7-,9-,10-,13-;5-,7-,8-,10-;/m11./s1. The van der Waals surface area contributed by atoms with Gasteiger partial charge in [0.05, 0.1) is 13.2 Å². The lowest BCUT2D eigenvalue weighted by Gasteiger charge is -2.29. The summed E-state index contributed by atoms with van der Waals surface area (Å²) in [6, 6.07) is 5.60. The van der Waals surface area contributed by atoms with E-state index in [1.807, 2.05) is 11.1 Å². The first-order valence-electron chi connectivity index (χ1n) is 12.8. The van der Waals surface area contributed by atoms with Gasteiger partial charge in [-0.2, -0.15) is 18.9 Å². The Balaban J connectivity index is 0.000000221. The van der Waals surface area contributed by atoms with Crippen LogP contribution >= 0.6 is 0 Å². The molecule has 2 aromatic rings. The van der Waals surface area contributed by atoms with Crippen LogP contribution in [0, 0.1) is 22.7 Å². The van der Waals surface area contributed by atoms with Crippen LogP contribution in [-0.2, 0) is 40.8 Å². The summed E-state index contributed by atoms with van der Waals surface area (Å²) in [5.74, 6) is -0.986. The molecule has 0 bridgehead atoms. The third-order valence-corrected chi connectivity index (χ3v) is 6.69. The van der Waals surface area contributed by atoms with Crippen molar-refractivity contribution in [1.29, 1.82) is 10.5 Å². The van der Waals surface area contributed by atoms with Gasteiger partial charge in [-0.05, 0) is 13.8 Å². The molecule has 8 atom stereocenters. The average molecular weight is 677 g/mol. The quantitative estimate of drug-likeness (QED) is 0.140. The highest BCUT2D eigenvalue weighted by atomic mass is 32.3. The van der Waals surface area contributed by atoms with Gasteiger partial charge in [-0.1, -0.05) is 0 Å². The number of H-pyrrole nitrogens is 2. The molecule has 46 heavy (non-hydrogen) atoms. The zero-order valence-corrected chi connectivity index (χ0v) is 24.5. The Bertz CT molecular complexity index is 1850. The Labute approximate surface area is 256 Å². The fourth-order valence-corrected chi connectivity index (χ4v) is 4.86. The van der Waals surface area contributed by atoms with Gasteiger partial charge in [0.1, 0.15) is 42.7 Å². The molecule has 23 heteroatoms. The van der Waals surface area contributed by atoms with E-state index in [1.54, 1.807) is 19.9 Å². The van der Waals surface area contributed by atoms with Crippen LogP contribution in [0.5, 0.6) is 0 Å². The second-order valence-corrected chi connectivity index (χ2v) is 11.1. The Morgan fingerprint density at radius 1 is 0.826 bits per heavy atom. The van der Waals surface area contributed by atoms with Crippen LogP contribution in [0.25, 0.3) is 0 Å². The third-order valence-electron chi connectivity index (χ3n) is 6.69. The summed E-state index contributed by atoms with van der Waals surface area (Å²) in [5, 5.41) is 56.8. The maximum atomic E-state index is 12.1. The van der Waals surface area contributed by atoms with Gasteiger partial charge in [-0.25, -0.2) is 9.59 Å². The number of hydrogen-bond acceptors (Lipinski definition) is 16. The summed E-state index contributed by atoms with van der Waals surface area (Å²) in [5.41, 5.74) is -7.08. The highest BCUT2D eigenvalue weighted by Gasteiger charge is 2.65. The topological polar surface area (TPSA) is 350 Å². The number of fused-ring (bicyclic) bond motifs is 1. The largest absolute Gasteiger partial charge is 0.394 e. The molecule has 3 saturated heterocycles. The summed E-state index contributed by atoms with van der Waals surface area (Å²) in [7, 11) is -4.67. The minimum atomic E-state index is -4.67. The molecule has 22 nitrogen and oxygen atoms in total. The van der Waals surface area contributed by atoms with E-state index in [4.69, 9.17) is 41.6 Å². The van der Waals surface area contributed by atoms with E-state index < -0.39 is 100.0 Å². The Morgan fingerprint density at radius 2 is 1.26 bits per heavy atom. The molecular weight excluding hydrogens is 648 g/mol. The van der Waals surface area contributed by atoms with Crippen molar-refractivity contribution in [2.45, 2.75) is 67.7 Å². The summed E-state index contributed by atoms with van der Waals surface area (Å²) in [4.78, 5) is 49.9. The Kier molecular flexibility index (Phi) is 10.5. The first-order chi connectivity index (χ1) is 21.3. The minimum absolute atomic E-state index is 0.401. The van der Waals surface area contributed by atoms with Gasteiger partial charge in [0.15, 0.2) is 11.9 Å². The van der Waals surface area contributed by atoms with E-state index in [0.717, 1.165) is 29.1 Å². The number of aliphatic hydroxyl groups is 4. The molecule has 252 valence electrons. The summed E-state index contributed by atoms with van der Waals surface area (Å²) in [6.07, 6.45) is -4.83. The van der Waals surface area contributed by atoms with Crippen LogP contribution in [0.15, 0.2) is 43.7 Å². The normalized spacial score (nSPS) is 32.6. The summed E-state index contributed by atoms with van der Waals surface area (Å²) >= 11 is 0. The predicted octanol–water partition coefficient (Wildman–Crippen LogP) is -5.20. The van der Waals surface area contributed by atoms with Crippen LogP contribution < -0.4 is 22.5 Å². The van der Waals surface area contributed by atoms with Crippen molar-refractivity contribution >= 4 is 10.4 Å². The van der Waals surface area contributed by atoms with Crippen molar-refractivity contribution in [2.24, 2.45) is 0 Å². The van der Waals surface area contributed by atoms with Crippen molar-refractivity contribution in [3.05, 3.63) is 66.2 Å². The lowest BCUT2D eigenvalue weighted by molar-refractivity contribution is -0.218. The van der Waals surface area contributed by atoms with Crippen LogP contribution in [0.4, 0.5) is 0 Å². The number of ether oxygens (including phenoxy) is 4. The minimum Gasteiger partial charge on any atom is -0.394 e. The molecule has 0 amide bonds. The van der Waals surface area contributed by atoms with E-state index >= 15 is 0 Å². The number of aromatic amines is 2. The van der Waals surface area contributed by atoms with E-state index in [-0.39, 0.29) is 0 Å². The lowest BCUT2D eigenvalue weighted by Crippen LogP contribution is -2.50. The van der Waals surface area contributed by atoms with Crippen molar-refractivity contribution in [3.63, 3.8) is 0 Å². The van der Waals surface area contributed by atoms with Crippen molar-refractivity contribution in [2.75, 3.05) is 13.2 Å². The van der Waals surface area contributed by atoms with Gasteiger partial charge in [-0.3, -0.25) is 37.8 Å². The van der Waals surface area contributed by atoms with Crippen LogP contribution in [0.3, 0.4) is 0 Å². The van der Waals surface area contributed by atoms with Gasteiger partial charge in [-0.15, -0.1) is 0 Å². The Hall–Kier alpha value is -4.11.